The summed E-state index contributed by atoms with van der Waals surface area (Å²) in [6.07, 6.45) is 1.65. The first kappa shape index (κ1) is 19.9. The summed E-state index contributed by atoms with van der Waals surface area (Å²) in [4.78, 5) is 40.6. The van der Waals surface area contributed by atoms with Gasteiger partial charge in [0, 0.05) is 11.8 Å². The molecule has 30 heavy (non-hydrogen) atoms. The Kier molecular flexibility index (Phi) is 4.95. The van der Waals surface area contributed by atoms with Crippen LogP contribution in [0.4, 0.5) is 4.39 Å². The van der Waals surface area contributed by atoms with Crippen molar-refractivity contribution in [1.29, 1.82) is 0 Å². The van der Waals surface area contributed by atoms with Gasteiger partial charge in [-0.05, 0) is 36.6 Å². The number of pyridine rings is 1. The van der Waals surface area contributed by atoms with E-state index in [9.17, 15) is 14.0 Å². The number of fused-ring (bicyclic) bond motifs is 1. The summed E-state index contributed by atoms with van der Waals surface area (Å²) in [5.74, 6) is -0.563. The van der Waals surface area contributed by atoms with E-state index in [0.29, 0.717) is 11.4 Å². The Labute approximate surface area is 175 Å². The third-order valence-electron chi connectivity index (χ3n) is 4.74. The van der Waals surface area contributed by atoms with Crippen LogP contribution in [0.3, 0.4) is 0 Å². The Morgan fingerprint density at radius 3 is 2.57 bits per heavy atom. The third kappa shape index (κ3) is 3.19. The molecule has 0 amide bonds. The van der Waals surface area contributed by atoms with Crippen LogP contribution in [0.25, 0.3) is 28.1 Å². The Morgan fingerprint density at radius 2 is 1.87 bits per heavy atom. The van der Waals surface area contributed by atoms with Crippen LogP contribution in [0.5, 0.6) is 0 Å². The monoisotopic (exact) mass is 425 g/mol. The molecule has 0 fully saturated rings. The zero-order valence-electron chi connectivity index (χ0n) is 16.4. The van der Waals surface area contributed by atoms with Crippen molar-refractivity contribution in [2.75, 3.05) is 0 Å². The molecule has 0 atom stereocenters. The molecule has 0 aliphatic heterocycles. The highest BCUT2D eigenvalue weighted by atomic mass is 35.5. The molecule has 9 heteroatoms. The van der Waals surface area contributed by atoms with Crippen LogP contribution >= 0.6 is 11.6 Å². The second kappa shape index (κ2) is 7.46. The number of halogens is 2. The normalized spacial score (nSPS) is 11.4. The maximum atomic E-state index is 14.4. The number of nitrogens with zero attached hydrogens (tertiary/aromatic N) is 4. The lowest BCUT2D eigenvalue weighted by molar-refractivity contribution is 0.630. The van der Waals surface area contributed by atoms with Crippen LogP contribution in [0.2, 0.25) is 5.15 Å². The van der Waals surface area contributed by atoms with E-state index in [1.807, 2.05) is 20.8 Å². The molecule has 0 saturated heterocycles. The lowest BCUT2D eigenvalue weighted by atomic mass is 10.0. The van der Waals surface area contributed by atoms with Gasteiger partial charge in [-0.2, -0.15) is 0 Å². The molecule has 0 radical (unpaired) electrons. The number of aromatic nitrogens is 5. The standard InChI is InChI=1S/C21H17ClFN5O2/c1-10(2)14-17(11(3)8-9-24-14)28-19-16(20(29)27-21(28)30)25-18(22)15(26-19)12-6-4-5-7-13(12)23/h4-10H,1-3H3,(H,27,29,30). The topological polar surface area (TPSA) is 93.5 Å². The van der Waals surface area contributed by atoms with Crippen molar-refractivity contribution in [3.63, 3.8) is 0 Å². The van der Waals surface area contributed by atoms with E-state index < -0.39 is 17.1 Å². The molecule has 0 aliphatic rings. The maximum absolute atomic E-state index is 14.4. The molecule has 0 bridgehead atoms. The Morgan fingerprint density at radius 1 is 1.13 bits per heavy atom. The Bertz CT molecular complexity index is 1410. The quantitative estimate of drug-likeness (QED) is 0.539. The van der Waals surface area contributed by atoms with E-state index >= 15 is 0 Å². The van der Waals surface area contributed by atoms with Crippen LogP contribution in [-0.2, 0) is 0 Å². The zero-order valence-corrected chi connectivity index (χ0v) is 17.2. The first-order valence-electron chi connectivity index (χ1n) is 9.23. The van der Waals surface area contributed by atoms with Gasteiger partial charge >= 0.3 is 5.69 Å². The van der Waals surface area contributed by atoms with E-state index in [0.717, 1.165) is 5.56 Å². The van der Waals surface area contributed by atoms with Crippen LogP contribution in [0.1, 0.15) is 31.0 Å². The fourth-order valence-electron chi connectivity index (χ4n) is 3.34. The van der Waals surface area contributed by atoms with Gasteiger partial charge in [-0.25, -0.2) is 23.7 Å². The number of hydrogen-bond donors (Lipinski definition) is 1. The van der Waals surface area contributed by atoms with E-state index in [1.165, 1.54) is 22.8 Å². The molecule has 4 rings (SSSR count). The van der Waals surface area contributed by atoms with Gasteiger partial charge in [0.15, 0.2) is 16.3 Å². The molecule has 3 heterocycles. The highest BCUT2D eigenvalue weighted by molar-refractivity contribution is 6.32. The van der Waals surface area contributed by atoms with E-state index in [4.69, 9.17) is 11.6 Å². The molecule has 152 valence electrons. The predicted octanol–water partition coefficient (Wildman–Crippen LogP) is 3.76. The van der Waals surface area contributed by atoms with E-state index in [1.54, 1.807) is 18.3 Å². The van der Waals surface area contributed by atoms with Gasteiger partial charge in [-0.15, -0.1) is 0 Å². The molecular weight excluding hydrogens is 409 g/mol. The second-order valence-corrected chi connectivity index (χ2v) is 7.48. The minimum atomic E-state index is -0.728. The van der Waals surface area contributed by atoms with Crippen LogP contribution < -0.4 is 11.2 Å². The first-order valence-corrected chi connectivity index (χ1v) is 9.60. The summed E-state index contributed by atoms with van der Waals surface area (Å²) in [6, 6.07) is 7.70. The lowest BCUT2D eigenvalue weighted by Crippen LogP contribution is -2.32. The van der Waals surface area contributed by atoms with Crippen LogP contribution in [0.15, 0.2) is 46.1 Å². The summed E-state index contributed by atoms with van der Waals surface area (Å²) in [7, 11) is 0. The van der Waals surface area contributed by atoms with Gasteiger partial charge in [0.25, 0.3) is 5.56 Å². The summed E-state index contributed by atoms with van der Waals surface area (Å²) < 4.78 is 15.7. The minimum Gasteiger partial charge on any atom is -0.272 e. The second-order valence-electron chi connectivity index (χ2n) is 7.13. The first-order chi connectivity index (χ1) is 14.3. The predicted molar refractivity (Wildman–Crippen MR) is 113 cm³/mol. The van der Waals surface area contributed by atoms with Crippen molar-refractivity contribution >= 4 is 22.8 Å². The summed E-state index contributed by atoms with van der Waals surface area (Å²) in [5, 5.41) is -0.143. The fraction of sp³-hybridized carbons (Fsp3) is 0.190. The fourth-order valence-corrected chi connectivity index (χ4v) is 3.57. The van der Waals surface area contributed by atoms with Crippen molar-refractivity contribution in [3.05, 3.63) is 79.6 Å². The van der Waals surface area contributed by atoms with Gasteiger partial charge in [0.1, 0.15) is 11.5 Å². The van der Waals surface area contributed by atoms with Gasteiger partial charge in [-0.3, -0.25) is 14.8 Å². The van der Waals surface area contributed by atoms with Crippen molar-refractivity contribution < 1.29 is 4.39 Å². The number of aromatic amines is 1. The van der Waals surface area contributed by atoms with Crippen LogP contribution in [0, 0.1) is 12.7 Å². The van der Waals surface area contributed by atoms with Gasteiger partial charge < -0.3 is 0 Å². The summed E-state index contributed by atoms with van der Waals surface area (Å²) >= 11 is 6.24. The lowest BCUT2D eigenvalue weighted by Gasteiger charge is -2.17. The van der Waals surface area contributed by atoms with E-state index in [-0.39, 0.29) is 33.5 Å². The molecule has 1 N–H and O–H groups in total. The number of nitrogens with one attached hydrogen (secondary N) is 1. The van der Waals surface area contributed by atoms with Crippen molar-refractivity contribution in [2.24, 2.45) is 0 Å². The van der Waals surface area contributed by atoms with Crippen molar-refractivity contribution in [1.82, 2.24) is 24.5 Å². The zero-order chi connectivity index (χ0) is 21.6. The van der Waals surface area contributed by atoms with Gasteiger partial charge in [0.2, 0.25) is 0 Å². The molecule has 0 unspecified atom stereocenters. The number of rotatable bonds is 3. The highest BCUT2D eigenvalue weighted by Gasteiger charge is 2.22. The smallest absolute Gasteiger partial charge is 0.272 e. The molecule has 0 saturated carbocycles. The highest BCUT2D eigenvalue weighted by Crippen LogP contribution is 2.29. The molecule has 3 aromatic heterocycles. The van der Waals surface area contributed by atoms with Gasteiger partial charge in [0.05, 0.1) is 11.4 Å². The summed E-state index contributed by atoms with van der Waals surface area (Å²) in [5.41, 5.74) is 0.478. The van der Waals surface area contributed by atoms with Crippen molar-refractivity contribution in [3.8, 4) is 16.9 Å². The minimum absolute atomic E-state index is 0.0138. The average Bonchev–Trinajstić information content (AvgIpc) is 2.69. The largest absolute Gasteiger partial charge is 0.334 e. The number of benzene rings is 1. The SMILES string of the molecule is Cc1ccnc(C(C)C)c1-n1c(=O)[nH]c(=O)c2nc(Cl)c(-c3ccccc3F)nc21. The van der Waals surface area contributed by atoms with Gasteiger partial charge in [-0.1, -0.05) is 37.6 Å². The molecular formula is C21H17ClFN5O2. The average molecular weight is 426 g/mol. The Balaban J connectivity index is 2.18. The third-order valence-corrected chi connectivity index (χ3v) is 5.00. The molecule has 7 nitrogen and oxygen atoms in total. The maximum Gasteiger partial charge on any atom is 0.334 e. The number of hydrogen-bond acceptors (Lipinski definition) is 5. The van der Waals surface area contributed by atoms with E-state index in [2.05, 4.69) is 19.9 Å². The molecule has 4 aromatic rings. The Hall–Kier alpha value is -3.39. The van der Waals surface area contributed by atoms with Crippen molar-refractivity contribution in [2.45, 2.75) is 26.7 Å². The van der Waals surface area contributed by atoms with Crippen LogP contribution in [-0.4, -0.2) is 24.5 Å². The number of H-pyrrole nitrogens is 1. The summed E-state index contributed by atoms with van der Waals surface area (Å²) in [6.45, 7) is 5.71. The molecule has 0 aliphatic carbocycles. The number of aryl methyl sites for hydroxylation is 1. The molecule has 1 aromatic carbocycles. The molecule has 0 spiro atoms.